The van der Waals surface area contributed by atoms with E-state index in [2.05, 4.69) is 44.7 Å². The van der Waals surface area contributed by atoms with E-state index in [1.807, 2.05) is 0 Å². The highest BCUT2D eigenvalue weighted by Gasteiger charge is 2.21. The van der Waals surface area contributed by atoms with Crippen molar-refractivity contribution >= 4 is 0 Å². The normalized spacial score (nSPS) is 30.3. The first-order valence-corrected chi connectivity index (χ1v) is 6.02. The molecule has 1 aliphatic rings. The smallest absolute Gasteiger partial charge is 0.000790 e. The predicted molar refractivity (Wildman–Crippen MR) is 66.5 cm³/mol. The molecule has 1 aliphatic carbocycles. The summed E-state index contributed by atoms with van der Waals surface area (Å²) in [5.41, 5.74) is 10.6. The molecule has 0 aromatic heterocycles. The van der Waals surface area contributed by atoms with Gasteiger partial charge in [0, 0.05) is 0 Å². The quantitative estimate of drug-likeness (QED) is 0.555. The zero-order valence-electron chi connectivity index (χ0n) is 10.2. The van der Waals surface area contributed by atoms with Gasteiger partial charge in [-0.2, -0.15) is 0 Å². The summed E-state index contributed by atoms with van der Waals surface area (Å²) in [6.07, 6.45) is 8.93. The molecule has 0 saturated carbocycles. The lowest BCUT2D eigenvalue weighted by Gasteiger charge is -2.25. The van der Waals surface area contributed by atoms with Gasteiger partial charge in [-0.15, -0.1) is 5.73 Å². The second-order valence-electron chi connectivity index (χ2n) is 4.47. The van der Waals surface area contributed by atoms with Crippen molar-refractivity contribution in [2.75, 3.05) is 6.54 Å². The maximum atomic E-state index is 5.75. The minimum atomic E-state index is 0.455. The average molecular weight is 205 g/mol. The third kappa shape index (κ3) is 3.09. The molecule has 84 valence electrons. The number of hydrogen-bond acceptors (Lipinski definition) is 1. The molecule has 1 rings (SSSR count). The first-order chi connectivity index (χ1) is 7.20. The summed E-state index contributed by atoms with van der Waals surface area (Å²) in [5.74, 6) is 1.67. The van der Waals surface area contributed by atoms with E-state index in [-0.39, 0.29) is 0 Å². The van der Waals surface area contributed by atoms with E-state index in [9.17, 15) is 0 Å². The largest absolute Gasteiger partial charge is 0.330 e. The maximum Gasteiger partial charge on any atom is -0.000790 e. The predicted octanol–water partition coefficient (Wildman–Crippen LogP) is 3.28. The van der Waals surface area contributed by atoms with Crippen molar-refractivity contribution in [3.05, 3.63) is 29.5 Å². The molecular formula is C14H23N. The van der Waals surface area contributed by atoms with Crippen LogP contribution in [0.1, 0.15) is 33.6 Å². The van der Waals surface area contributed by atoms with Crippen LogP contribution in [0.15, 0.2) is 29.5 Å². The van der Waals surface area contributed by atoms with Crippen molar-refractivity contribution in [3.8, 4) is 0 Å². The zero-order valence-corrected chi connectivity index (χ0v) is 10.2. The third-order valence-electron chi connectivity index (χ3n) is 3.39. The van der Waals surface area contributed by atoms with Gasteiger partial charge in [-0.3, -0.25) is 0 Å². The third-order valence-corrected chi connectivity index (χ3v) is 3.39. The van der Waals surface area contributed by atoms with Crippen molar-refractivity contribution in [1.29, 1.82) is 0 Å². The van der Waals surface area contributed by atoms with Crippen molar-refractivity contribution in [3.63, 3.8) is 0 Å². The highest BCUT2D eigenvalue weighted by Crippen LogP contribution is 2.29. The second-order valence-corrected chi connectivity index (χ2v) is 4.47. The van der Waals surface area contributed by atoms with Crippen LogP contribution in [-0.4, -0.2) is 6.54 Å². The molecule has 1 nitrogen and oxygen atoms in total. The lowest BCUT2D eigenvalue weighted by molar-refractivity contribution is 0.433. The van der Waals surface area contributed by atoms with Gasteiger partial charge in [0.1, 0.15) is 0 Å². The van der Waals surface area contributed by atoms with Crippen LogP contribution in [-0.2, 0) is 0 Å². The fourth-order valence-corrected chi connectivity index (χ4v) is 2.23. The Kier molecular flexibility index (Phi) is 4.87. The molecular weight excluding hydrogens is 182 g/mol. The van der Waals surface area contributed by atoms with Gasteiger partial charge in [-0.05, 0) is 48.8 Å². The standard InChI is InChI=1S/C14H23N/c1-4-13-8-6-5-7-9-14(12(13)3)11(2)10-15/h6-8,11-13H,4-5,10,15H2,1-3H3/b8-6-/t9?,11-,12+,13-/m0/s1. The summed E-state index contributed by atoms with van der Waals surface area (Å²) in [4.78, 5) is 0. The molecule has 0 spiro atoms. The van der Waals surface area contributed by atoms with Crippen LogP contribution in [0.2, 0.25) is 0 Å². The minimum absolute atomic E-state index is 0.455. The first kappa shape index (κ1) is 12.3. The van der Waals surface area contributed by atoms with Crippen molar-refractivity contribution < 1.29 is 0 Å². The Hall–Kier alpha value is -0.780. The number of allylic oxidation sites excluding steroid dienone is 2. The second kappa shape index (κ2) is 5.95. The van der Waals surface area contributed by atoms with E-state index in [1.54, 1.807) is 0 Å². The van der Waals surface area contributed by atoms with Crippen LogP contribution in [0.3, 0.4) is 0 Å². The van der Waals surface area contributed by atoms with Gasteiger partial charge in [0.2, 0.25) is 0 Å². The van der Waals surface area contributed by atoms with Gasteiger partial charge in [0.15, 0.2) is 0 Å². The van der Waals surface area contributed by atoms with E-state index in [4.69, 9.17) is 5.73 Å². The molecule has 15 heavy (non-hydrogen) atoms. The summed E-state index contributed by atoms with van der Waals surface area (Å²) in [6, 6.07) is 0. The number of nitrogens with two attached hydrogens (primary N) is 1. The molecule has 0 bridgehead atoms. The molecule has 0 fully saturated rings. The summed E-state index contributed by atoms with van der Waals surface area (Å²) in [7, 11) is 0. The van der Waals surface area contributed by atoms with Gasteiger partial charge in [-0.25, -0.2) is 0 Å². The van der Waals surface area contributed by atoms with Crippen molar-refractivity contribution in [1.82, 2.24) is 0 Å². The Bertz CT molecular complexity index is 282. The Labute approximate surface area is 93.7 Å². The average Bonchev–Trinajstić information content (AvgIpc) is 2.24. The Morgan fingerprint density at radius 2 is 2.33 bits per heavy atom. The number of hydrogen-bond donors (Lipinski definition) is 1. The van der Waals surface area contributed by atoms with Crippen LogP contribution in [0.25, 0.3) is 0 Å². The summed E-state index contributed by atoms with van der Waals surface area (Å²) in [5, 5.41) is 0. The summed E-state index contributed by atoms with van der Waals surface area (Å²) >= 11 is 0. The molecule has 0 aliphatic heterocycles. The Morgan fingerprint density at radius 3 is 2.93 bits per heavy atom. The van der Waals surface area contributed by atoms with E-state index >= 15 is 0 Å². The topological polar surface area (TPSA) is 26.0 Å². The van der Waals surface area contributed by atoms with E-state index in [1.165, 1.54) is 12.0 Å². The van der Waals surface area contributed by atoms with Crippen molar-refractivity contribution in [2.24, 2.45) is 23.5 Å². The van der Waals surface area contributed by atoms with Gasteiger partial charge >= 0.3 is 0 Å². The Balaban J connectivity index is 2.96. The molecule has 2 N–H and O–H groups in total. The first-order valence-electron chi connectivity index (χ1n) is 6.02. The van der Waals surface area contributed by atoms with Gasteiger partial charge in [-0.1, -0.05) is 32.9 Å². The molecule has 0 heterocycles. The molecule has 0 amide bonds. The minimum Gasteiger partial charge on any atom is -0.330 e. The molecule has 0 aromatic carbocycles. The van der Waals surface area contributed by atoms with E-state index < -0.39 is 0 Å². The maximum absolute atomic E-state index is 5.75. The molecule has 0 unspecified atom stereocenters. The Morgan fingerprint density at radius 1 is 1.60 bits per heavy atom. The SMILES string of the molecule is CC[C@H]1/C=C\CC=C=C([C@@H](C)CN)[C@@H]1C. The van der Waals surface area contributed by atoms with Crippen molar-refractivity contribution in [2.45, 2.75) is 33.6 Å². The fraction of sp³-hybridized carbons (Fsp3) is 0.643. The lowest BCUT2D eigenvalue weighted by Crippen LogP contribution is -2.21. The monoisotopic (exact) mass is 205 g/mol. The zero-order chi connectivity index (χ0) is 11.3. The van der Waals surface area contributed by atoms with Gasteiger partial charge in [0.05, 0.1) is 0 Å². The molecule has 0 radical (unpaired) electrons. The van der Waals surface area contributed by atoms with Gasteiger partial charge < -0.3 is 5.73 Å². The van der Waals surface area contributed by atoms with Crippen LogP contribution in [0, 0.1) is 17.8 Å². The summed E-state index contributed by atoms with van der Waals surface area (Å²) < 4.78 is 0. The van der Waals surface area contributed by atoms with Crippen LogP contribution in [0.5, 0.6) is 0 Å². The van der Waals surface area contributed by atoms with Crippen LogP contribution in [0.4, 0.5) is 0 Å². The molecule has 1 heteroatoms. The molecule has 0 saturated heterocycles. The summed E-state index contributed by atoms with van der Waals surface area (Å²) in [6.45, 7) is 7.47. The number of rotatable bonds is 3. The molecule has 3 atom stereocenters. The fourth-order valence-electron chi connectivity index (χ4n) is 2.23. The van der Waals surface area contributed by atoms with Crippen LogP contribution < -0.4 is 5.73 Å². The highest BCUT2D eigenvalue weighted by atomic mass is 14.5. The van der Waals surface area contributed by atoms with E-state index in [0.29, 0.717) is 17.8 Å². The highest BCUT2D eigenvalue weighted by molar-refractivity contribution is 5.16. The van der Waals surface area contributed by atoms with Crippen LogP contribution >= 0.6 is 0 Å². The van der Waals surface area contributed by atoms with E-state index in [0.717, 1.165) is 13.0 Å². The van der Waals surface area contributed by atoms with Gasteiger partial charge in [0.25, 0.3) is 0 Å². The lowest BCUT2D eigenvalue weighted by atomic mass is 9.79. The molecule has 0 aromatic rings.